The summed E-state index contributed by atoms with van der Waals surface area (Å²) in [6.45, 7) is 16.9. The molecule has 2 heterocycles. The number of hydrogen-bond donors (Lipinski definition) is 1. The Morgan fingerprint density at radius 2 is 2.19 bits per heavy atom. The van der Waals surface area contributed by atoms with Crippen LogP contribution in [0, 0.1) is 5.92 Å². The van der Waals surface area contributed by atoms with E-state index in [2.05, 4.69) is 57.1 Å². The van der Waals surface area contributed by atoms with Crippen molar-refractivity contribution in [3.05, 3.63) is 16.1 Å². The minimum absolute atomic E-state index is 0.156. The van der Waals surface area contributed by atoms with Crippen molar-refractivity contribution in [3.8, 4) is 0 Å². The molecule has 4 heteroatoms. The van der Waals surface area contributed by atoms with Gasteiger partial charge in [0.05, 0.1) is 12.2 Å². The number of thiazole rings is 1. The number of nitrogens with one attached hydrogen (secondary N) is 1. The van der Waals surface area contributed by atoms with Gasteiger partial charge in [0.2, 0.25) is 0 Å². The lowest BCUT2D eigenvalue weighted by molar-refractivity contribution is 0.111. The van der Waals surface area contributed by atoms with Gasteiger partial charge in [0.1, 0.15) is 5.01 Å². The molecule has 1 aromatic rings. The summed E-state index contributed by atoms with van der Waals surface area (Å²) in [5, 5.41) is 7.20. The van der Waals surface area contributed by atoms with Gasteiger partial charge in [0.15, 0.2) is 0 Å². The first kappa shape index (κ1) is 16.9. The zero-order valence-electron chi connectivity index (χ0n) is 14.4. The van der Waals surface area contributed by atoms with Crippen molar-refractivity contribution in [1.82, 2.24) is 15.2 Å². The lowest BCUT2D eigenvalue weighted by Gasteiger charge is -2.40. The largest absolute Gasteiger partial charge is 0.311 e. The van der Waals surface area contributed by atoms with Crippen LogP contribution in [0.2, 0.25) is 0 Å². The first-order chi connectivity index (χ1) is 9.81. The minimum atomic E-state index is 0.156. The van der Waals surface area contributed by atoms with E-state index in [-0.39, 0.29) is 5.41 Å². The zero-order valence-corrected chi connectivity index (χ0v) is 15.3. The molecule has 1 aromatic heterocycles. The van der Waals surface area contributed by atoms with Crippen LogP contribution in [0.15, 0.2) is 5.38 Å². The third kappa shape index (κ3) is 4.27. The second kappa shape index (κ2) is 6.76. The van der Waals surface area contributed by atoms with Crippen molar-refractivity contribution in [2.45, 2.75) is 72.0 Å². The van der Waals surface area contributed by atoms with Gasteiger partial charge in [-0.05, 0) is 12.8 Å². The summed E-state index contributed by atoms with van der Waals surface area (Å²) < 4.78 is 0. The summed E-state index contributed by atoms with van der Waals surface area (Å²) in [5.74, 6) is 0.737. The van der Waals surface area contributed by atoms with Crippen molar-refractivity contribution >= 4 is 11.3 Å². The van der Waals surface area contributed by atoms with Crippen molar-refractivity contribution in [2.75, 3.05) is 13.1 Å². The summed E-state index contributed by atoms with van der Waals surface area (Å²) in [6, 6.07) is 1.21. The highest BCUT2D eigenvalue weighted by Crippen LogP contribution is 2.25. The van der Waals surface area contributed by atoms with Crippen LogP contribution >= 0.6 is 11.3 Å². The van der Waals surface area contributed by atoms with Gasteiger partial charge in [-0.25, -0.2) is 4.98 Å². The molecule has 0 aromatic carbocycles. The third-order valence-corrected chi connectivity index (χ3v) is 5.55. The monoisotopic (exact) mass is 309 g/mol. The molecule has 120 valence electrons. The minimum Gasteiger partial charge on any atom is -0.311 e. The standard InChI is InChI=1S/C17H31N3S/c1-7-12(2)14-9-20(13(3)8-18-14)10-16-19-15(11-21-16)17(4,5)6/h11-14,18H,7-10H2,1-6H3. The SMILES string of the molecule is CCC(C)C1CN(Cc2nc(C(C)(C)C)cs2)C(C)CN1. The predicted octanol–water partition coefficient (Wildman–Crippen LogP) is 3.65. The molecule has 3 nitrogen and oxygen atoms in total. The number of nitrogens with zero attached hydrogens (tertiary/aromatic N) is 2. The van der Waals surface area contributed by atoms with E-state index in [4.69, 9.17) is 4.98 Å². The van der Waals surface area contributed by atoms with E-state index in [9.17, 15) is 0 Å². The number of hydrogen-bond acceptors (Lipinski definition) is 4. The highest BCUT2D eigenvalue weighted by atomic mass is 32.1. The van der Waals surface area contributed by atoms with Crippen LogP contribution in [0.25, 0.3) is 0 Å². The highest BCUT2D eigenvalue weighted by molar-refractivity contribution is 7.09. The Morgan fingerprint density at radius 3 is 2.76 bits per heavy atom. The van der Waals surface area contributed by atoms with Gasteiger partial charge >= 0.3 is 0 Å². The van der Waals surface area contributed by atoms with Crippen LogP contribution in [0.5, 0.6) is 0 Å². The van der Waals surface area contributed by atoms with Crippen LogP contribution in [0.3, 0.4) is 0 Å². The van der Waals surface area contributed by atoms with E-state index in [0.29, 0.717) is 12.1 Å². The van der Waals surface area contributed by atoms with E-state index in [1.54, 1.807) is 0 Å². The topological polar surface area (TPSA) is 28.2 Å². The quantitative estimate of drug-likeness (QED) is 0.920. The molecule has 1 N–H and O–H groups in total. The number of piperazine rings is 1. The Labute approximate surface area is 134 Å². The number of rotatable bonds is 4. The second-order valence-corrected chi connectivity index (χ2v) is 8.50. The molecule has 0 amide bonds. The molecule has 0 bridgehead atoms. The van der Waals surface area contributed by atoms with Crippen molar-refractivity contribution in [3.63, 3.8) is 0 Å². The average Bonchev–Trinajstić information content (AvgIpc) is 2.89. The molecule has 0 aliphatic carbocycles. The Balaban J connectivity index is 2.01. The van der Waals surface area contributed by atoms with Gasteiger partial charge in [-0.2, -0.15) is 0 Å². The van der Waals surface area contributed by atoms with Crippen LogP contribution in [-0.2, 0) is 12.0 Å². The fraction of sp³-hybridized carbons (Fsp3) is 0.824. The predicted molar refractivity (Wildman–Crippen MR) is 91.9 cm³/mol. The van der Waals surface area contributed by atoms with Crippen LogP contribution in [0.4, 0.5) is 0 Å². The summed E-state index contributed by atoms with van der Waals surface area (Å²) in [5.41, 5.74) is 1.38. The van der Waals surface area contributed by atoms with Crippen LogP contribution in [0.1, 0.15) is 58.7 Å². The molecule has 0 radical (unpaired) electrons. The normalized spacial score (nSPS) is 26.0. The summed E-state index contributed by atoms with van der Waals surface area (Å²) >= 11 is 1.81. The molecule has 1 aliphatic heterocycles. The van der Waals surface area contributed by atoms with E-state index >= 15 is 0 Å². The maximum Gasteiger partial charge on any atom is 0.107 e. The molecule has 2 rings (SSSR count). The second-order valence-electron chi connectivity index (χ2n) is 7.56. The van der Waals surface area contributed by atoms with E-state index in [1.807, 2.05) is 11.3 Å². The maximum atomic E-state index is 4.86. The number of aromatic nitrogens is 1. The van der Waals surface area contributed by atoms with Crippen LogP contribution in [-0.4, -0.2) is 35.1 Å². The molecule has 21 heavy (non-hydrogen) atoms. The van der Waals surface area contributed by atoms with Gasteiger partial charge in [0.25, 0.3) is 0 Å². The highest BCUT2D eigenvalue weighted by Gasteiger charge is 2.28. The average molecular weight is 310 g/mol. The molecule has 0 spiro atoms. The molecule has 1 aliphatic rings. The Kier molecular flexibility index (Phi) is 5.44. The van der Waals surface area contributed by atoms with Crippen molar-refractivity contribution in [1.29, 1.82) is 0 Å². The lowest BCUT2D eigenvalue weighted by Crippen LogP contribution is -2.56. The van der Waals surface area contributed by atoms with Crippen molar-refractivity contribution < 1.29 is 0 Å². The van der Waals surface area contributed by atoms with Gasteiger partial charge in [0, 0.05) is 36.0 Å². The molecule has 3 atom stereocenters. The summed E-state index contributed by atoms with van der Waals surface area (Å²) in [7, 11) is 0. The smallest absolute Gasteiger partial charge is 0.107 e. The third-order valence-electron chi connectivity index (χ3n) is 4.72. The molecule has 0 saturated carbocycles. The van der Waals surface area contributed by atoms with E-state index < -0.39 is 0 Å². The Hall–Kier alpha value is -0.450. The fourth-order valence-electron chi connectivity index (χ4n) is 2.74. The molecule has 3 unspecified atom stereocenters. The van der Waals surface area contributed by atoms with E-state index in [0.717, 1.165) is 25.6 Å². The molecule has 1 saturated heterocycles. The first-order valence-corrected chi connectivity index (χ1v) is 9.11. The molecular weight excluding hydrogens is 278 g/mol. The van der Waals surface area contributed by atoms with Gasteiger partial charge < -0.3 is 5.32 Å². The lowest BCUT2D eigenvalue weighted by atomic mass is 9.93. The molecule has 1 fully saturated rings. The first-order valence-electron chi connectivity index (χ1n) is 8.23. The van der Waals surface area contributed by atoms with Gasteiger partial charge in [-0.3, -0.25) is 4.90 Å². The summed E-state index contributed by atoms with van der Waals surface area (Å²) in [6.07, 6.45) is 1.24. The summed E-state index contributed by atoms with van der Waals surface area (Å²) in [4.78, 5) is 7.45. The van der Waals surface area contributed by atoms with Crippen molar-refractivity contribution in [2.24, 2.45) is 5.92 Å². The fourth-order valence-corrected chi connectivity index (χ4v) is 3.78. The Morgan fingerprint density at radius 1 is 1.48 bits per heavy atom. The van der Waals surface area contributed by atoms with Gasteiger partial charge in [-0.15, -0.1) is 11.3 Å². The van der Waals surface area contributed by atoms with E-state index in [1.165, 1.54) is 17.1 Å². The van der Waals surface area contributed by atoms with Gasteiger partial charge in [-0.1, -0.05) is 41.0 Å². The maximum absolute atomic E-state index is 4.86. The molecular formula is C17H31N3S. The van der Waals surface area contributed by atoms with Crippen LogP contribution < -0.4 is 5.32 Å². The zero-order chi connectivity index (χ0) is 15.6. The Bertz CT molecular complexity index is 449.